The molecule has 0 atom stereocenters. The minimum Gasteiger partial charge on any atom is -0.407 e. The lowest BCUT2D eigenvalue weighted by Gasteiger charge is -2.28. The van der Waals surface area contributed by atoms with Gasteiger partial charge in [0.1, 0.15) is 0 Å². The Hall–Kier alpha value is -2.04. The summed E-state index contributed by atoms with van der Waals surface area (Å²) in [5.41, 5.74) is 0.953. The number of amides is 1. The van der Waals surface area contributed by atoms with E-state index in [4.69, 9.17) is 4.42 Å². The molecule has 1 fully saturated rings. The van der Waals surface area contributed by atoms with Crippen molar-refractivity contribution in [2.45, 2.75) is 45.4 Å². The maximum Gasteiger partial charge on any atom is 0.428 e. The van der Waals surface area contributed by atoms with Gasteiger partial charge in [0, 0.05) is 6.54 Å². The monoisotopic (exact) mass is 316 g/mol. The lowest BCUT2D eigenvalue weighted by Crippen LogP contribution is -2.37. The Kier molecular flexibility index (Phi) is 4.84. The predicted molar refractivity (Wildman–Crippen MR) is 89.6 cm³/mol. The van der Waals surface area contributed by atoms with Crippen molar-refractivity contribution in [2.24, 2.45) is 11.8 Å². The first kappa shape index (κ1) is 15.8. The van der Waals surface area contributed by atoms with Crippen LogP contribution >= 0.6 is 0 Å². The van der Waals surface area contributed by atoms with Crippen LogP contribution in [-0.2, 0) is 0 Å². The van der Waals surface area contributed by atoms with Crippen molar-refractivity contribution in [3.63, 3.8) is 0 Å². The molecule has 0 bridgehead atoms. The number of benzene rings is 1. The fraction of sp³-hybridized carbons (Fsp3) is 0.556. The molecular formula is C18H24N2O3. The van der Waals surface area contributed by atoms with Gasteiger partial charge in [0.2, 0.25) is 0 Å². The van der Waals surface area contributed by atoms with Gasteiger partial charge in [-0.1, -0.05) is 44.7 Å². The van der Waals surface area contributed by atoms with Crippen molar-refractivity contribution >= 4 is 17.1 Å². The van der Waals surface area contributed by atoms with E-state index in [0.29, 0.717) is 23.6 Å². The molecule has 1 aliphatic carbocycles. The second kappa shape index (κ2) is 7.02. The second-order valence-electron chi connectivity index (χ2n) is 6.53. The summed E-state index contributed by atoms with van der Waals surface area (Å²) < 4.78 is 6.18. The number of aromatic nitrogens is 1. The Bertz CT molecular complexity index is 723. The van der Waals surface area contributed by atoms with E-state index in [9.17, 15) is 9.59 Å². The number of nitrogens with one attached hydrogen (secondary N) is 1. The van der Waals surface area contributed by atoms with Gasteiger partial charge in [0.25, 0.3) is 0 Å². The third kappa shape index (κ3) is 3.49. The molecule has 1 amide bonds. The van der Waals surface area contributed by atoms with E-state index in [1.54, 1.807) is 24.3 Å². The first-order chi connectivity index (χ1) is 11.2. The van der Waals surface area contributed by atoms with E-state index in [-0.39, 0.29) is 0 Å². The van der Waals surface area contributed by atoms with Crippen LogP contribution < -0.4 is 11.1 Å². The summed E-state index contributed by atoms with van der Waals surface area (Å²) in [6.07, 6.45) is 7.39. The fourth-order valence-corrected chi connectivity index (χ4v) is 3.60. The lowest BCUT2D eigenvalue weighted by atomic mass is 9.80. The van der Waals surface area contributed by atoms with Crippen LogP contribution in [-0.4, -0.2) is 17.1 Å². The number of hydrogen-bond acceptors (Lipinski definition) is 3. The van der Waals surface area contributed by atoms with Crippen LogP contribution in [0.2, 0.25) is 0 Å². The van der Waals surface area contributed by atoms with Gasteiger partial charge in [0.15, 0.2) is 5.58 Å². The van der Waals surface area contributed by atoms with E-state index in [2.05, 4.69) is 12.2 Å². The van der Waals surface area contributed by atoms with E-state index in [0.717, 1.165) is 23.3 Å². The summed E-state index contributed by atoms with van der Waals surface area (Å²) in [6, 6.07) is 6.58. The first-order valence-electron chi connectivity index (χ1n) is 8.57. The third-order valence-corrected chi connectivity index (χ3v) is 4.89. The maximum atomic E-state index is 12.3. The number of para-hydroxylation sites is 2. The molecule has 1 N–H and O–H groups in total. The highest BCUT2D eigenvalue weighted by Gasteiger charge is 2.22. The Balaban J connectivity index is 1.59. The summed E-state index contributed by atoms with van der Waals surface area (Å²) in [4.78, 5) is 24.2. The quantitative estimate of drug-likeness (QED) is 0.934. The van der Waals surface area contributed by atoms with Crippen LogP contribution in [0.25, 0.3) is 11.1 Å². The van der Waals surface area contributed by atoms with Gasteiger partial charge in [0.05, 0.1) is 5.52 Å². The van der Waals surface area contributed by atoms with Crippen LogP contribution in [0.3, 0.4) is 0 Å². The summed E-state index contributed by atoms with van der Waals surface area (Å²) >= 11 is 0. The largest absolute Gasteiger partial charge is 0.428 e. The first-order valence-corrected chi connectivity index (χ1v) is 8.57. The minimum absolute atomic E-state index is 0.393. The Morgan fingerprint density at radius 2 is 1.91 bits per heavy atom. The van der Waals surface area contributed by atoms with Crippen molar-refractivity contribution < 1.29 is 9.21 Å². The zero-order valence-corrected chi connectivity index (χ0v) is 13.6. The van der Waals surface area contributed by atoms with Gasteiger partial charge in [-0.25, -0.2) is 9.59 Å². The average molecular weight is 316 g/mol. The molecule has 0 radical (unpaired) electrons. The van der Waals surface area contributed by atoms with Gasteiger partial charge in [-0.15, -0.1) is 0 Å². The lowest BCUT2D eigenvalue weighted by molar-refractivity contribution is 0.229. The molecule has 5 nitrogen and oxygen atoms in total. The molecule has 0 saturated heterocycles. The summed E-state index contributed by atoms with van der Waals surface area (Å²) in [5, 5.41) is 2.90. The number of hydrogen-bond donors (Lipinski definition) is 1. The summed E-state index contributed by atoms with van der Waals surface area (Å²) in [7, 11) is 0. The van der Waals surface area contributed by atoms with Gasteiger partial charge in [-0.2, -0.15) is 4.57 Å². The molecule has 1 saturated carbocycles. The average Bonchev–Trinajstić information content (AvgIpc) is 2.90. The SMILES string of the molecule is CCC[C@H]1CC[C@H](CNC(=O)n2c(=O)oc3ccccc32)CC1. The molecule has 0 aliphatic heterocycles. The van der Waals surface area contributed by atoms with Crippen molar-refractivity contribution in [1.29, 1.82) is 0 Å². The van der Waals surface area contributed by atoms with Crippen LogP contribution in [0.5, 0.6) is 0 Å². The van der Waals surface area contributed by atoms with Crippen LogP contribution in [0, 0.1) is 11.8 Å². The normalized spacial score (nSPS) is 21.4. The molecule has 0 spiro atoms. The molecule has 1 aliphatic rings. The molecular weight excluding hydrogens is 292 g/mol. The fourth-order valence-electron chi connectivity index (χ4n) is 3.60. The maximum absolute atomic E-state index is 12.3. The Morgan fingerprint density at radius 3 is 2.65 bits per heavy atom. The van der Waals surface area contributed by atoms with Crippen LogP contribution in [0.1, 0.15) is 45.4 Å². The summed E-state index contributed by atoms with van der Waals surface area (Å²) in [6.45, 7) is 2.86. The minimum atomic E-state index is -0.629. The topological polar surface area (TPSA) is 64.2 Å². The van der Waals surface area contributed by atoms with Crippen molar-refractivity contribution in [3.05, 3.63) is 34.8 Å². The molecule has 1 aromatic heterocycles. The van der Waals surface area contributed by atoms with E-state index in [1.807, 2.05) is 0 Å². The predicted octanol–water partition coefficient (Wildman–Crippen LogP) is 3.76. The standard InChI is InChI=1S/C18H24N2O3/c1-2-5-13-8-10-14(11-9-13)12-19-17(21)20-15-6-3-4-7-16(15)23-18(20)22/h3-4,6-7,13-14H,2,5,8-12H2,1H3,(H,19,21)/t13-,14-. The second-order valence-corrected chi connectivity index (χ2v) is 6.53. The number of nitrogens with zero attached hydrogens (tertiary/aromatic N) is 1. The molecule has 2 aromatic rings. The van der Waals surface area contributed by atoms with Crippen LogP contribution in [0.4, 0.5) is 4.79 Å². The molecule has 5 heteroatoms. The van der Waals surface area contributed by atoms with E-state index >= 15 is 0 Å². The smallest absolute Gasteiger partial charge is 0.407 e. The molecule has 1 aromatic carbocycles. The zero-order chi connectivity index (χ0) is 16.2. The zero-order valence-electron chi connectivity index (χ0n) is 13.6. The van der Waals surface area contributed by atoms with E-state index in [1.165, 1.54) is 25.7 Å². The Labute approximate surface area is 135 Å². The highest BCUT2D eigenvalue weighted by molar-refractivity contribution is 5.87. The van der Waals surface area contributed by atoms with Gasteiger partial charge in [-0.3, -0.25) is 0 Å². The van der Waals surface area contributed by atoms with E-state index < -0.39 is 11.8 Å². The summed E-state index contributed by atoms with van der Waals surface area (Å²) in [5.74, 6) is 0.740. The van der Waals surface area contributed by atoms with Crippen molar-refractivity contribution in [2.75, 3.05) is 6.54 Å². The van der Waals surface area contributed by atoms with Gasteiger partial charge in [-0.05, 0) is 36.8 Å². The number of carbonyl (C=O) groups excluding carboxylic acids is 1. The van der Waals surface area contributed by atoms with Gasteiger partial charge >= 0.3 is 11.8 Å². The van der Waals surface area contributed by atoms with Crippen molar-refractivity contribution in [3.8, 4) is 0 Å². The highest BCUT2D eigenvalue weighted by atomic mass is 16.4. The third-order valence-electron chi connectivity index (χ3n) is 4.89. The molecule has 0 unspecified atom stereocenters. The number of fused-ring (bicyclic) bond motifs is 1. The number of oxazole rings is 1. The Morgan fingerprint density at radius 1 is 1.22 bits per heavy atom. The van der Waals surface area contributed by atoms with Crippen LogP contribution in [0.15, 0.2) is 33.5 Å². The molecule has 23 heavy (non-hydrogen) atoms. The molecule has 124 valence electrons. The number of rotatable bonds is 4. The molecule has 3 rings (SSSR count). The molecule has 1 heterocycles. The highest BCUT2D eigenvalue weighted by Crippen LogP contribution is 2.31. The number of carbonyl (C=O) groups is 1. The van der Waals surface area contributed by atoms with Gasteiger partial charge < -0.3 is 9.73 Å². The van der Waals surface area contributed by atoms with Crippen molar-refractivity contribution in [1.82, 2.24) is 9.88 Å².